The van der Waals surface area contributed by atoms with Crippen molar-refractivity contribution in [2.24, 2.45) is 0 Å². The first-order valence-electron chi connectivity index (χ1n) is 6.74. The SMILES string of the molecule is COc1cccc(OCCOc2cc(C#N)ccc2OC)c1. The molecule has 5 nitrogen and oxygen atoms in total. The Labute approximate surface area is 129 Å². The van der Waals surface area contributed by atoms with Crippen LogP contribution in [-0.4, -0.2) is 27.4 Å². The van der Waals surface area contributed by atoms with Crippen LogP contribution in [0.1, 0.15) is 5.56 Å². The maximum absolute atomic E-state index is 8.91. The summed E-state index contributed by atoms with van der Waals surface area (Å²) in [6.45, 7) is 0.704. The predicted octanol–water partition coefficient (Wildman–Crippen LogP) is 3.03. The molecular formula is C17H17NO4. The van der Waals surface area contributed by atoms with E-state index in [1.54, 1.807) is 38.5 Å². The fourth-order valence-electron chi connectivity index (χ4n) is 1.86. The summed E-state index contributed by atoms with van der Waals surface area (Å²) in [7, 11) is 3.16. The van der Waals surface area contributed by atoms with Crippen molar-refractivity contribution in [2.45, 2.75) is 0 Å². The quantitative estimate of drug-likeness (QED) is 0.735. The minimum Gasteiger partial charge on any atom is -0.497 e. The smallest absolute Gasteiger partial charge is 0.162 e. The molecule has 0 aliphatic heterocycles. The fraction of sp³-hybridized carbons (Fsp3) is 0.235. The highest BCUT2D eigenvalue weighted by Crippen LogP contribution is 2.27. The maximum atomic E-state index is 8.91. The third-order valence-corrected chi connectivity index (χ3v) is 2.94. The first kappa shape index (κ1) is 15.5. The molecule has 114 valence electrons. The van der Waals surface area contributed by atoms with Gasteiger partial charge in [-0.2, -0.15) is 5.26 Å². The first-order chi connectivity index (χ1) is 10.8. The molecule has 2 aromatic rings. The summed E-state index contributed by atoms with van der Waals surface area (Å²) in [5, 5.41) is 8.91. The van der Waals surface area contributed by atoms with E-state index in [2.05, 4.69) is 6.07 Å². The summed E-state index contributed by atoms with van der Waals surface area (Å²) < 4.78 is 21.5. The lowest BCUT2D eigenvalue weighted by atomic mass is 10.2. The molecule has 2 rings (SSSR count). The highest BCUT2D eigenvalue weighted by atomic mass is 16.5. The van der Waals surface area contributed by atoms with Crippen LogP contribution in [-0.2, 0) is 0 Å². The second-order valence-electron chi connectivity index (χ2n) is 4.35. The number of nitrogens with zero attached hydrogens (tertiary/aromatic N) is 1. The van der Waals surface area contributed by atoms with Crippen molar-refractivity contribution in [1.82, 2.24) is 0 Å². The molecule has 0 spiro atoms. The van der Waals surface area contributed by atoms with Gasteiger partial charge in [-0.3, -0.25) is 0 Å². The third kappa shape index (κ3) is 4.06. The molecular weight excluding hydrogens is 282 g/mol. The predicted molar refractivity (Wildman–Crippen MR) is 81.7 cm³/mol. The van der Waals surface area contributed by atoms with Crippen molar-refractivity contribution >= 4 is 0 Å². The molecule has 0 amide bonds. The lowest BCUT2D eigenvalue weighted by Gasteiger charge is -2.12. The van der Waals surface area contributed by atoms with E-state index < -0.39 is 0 Å². The topological polar surface area (TPSA) is 60.7 Å². The standard InChI is InChI=1S/C17H17NO4/c1-19-14-4-3-5-15(11-14)21-8-9-22-17-10-13(12-18)6-7-16(17)20-2/h3-7,10-11H,8-9H2,1-2H3. The lowest BCUT2D eigenvalue weighted by Crippen LogP contribution is -2.09. The van der Waals surface area contributed by atoms with Crippen LogP contribution in [0.25, 0.3) is 0 Å². The van der Waals surface area contributed by atoms with Gasteiger partial charge < -0.3 is 18.9 Å². The van der Waals surface area contributed by atoms with Crippen molar-refractivity contribution in [1.29, 1.82) is 5.26 Å². The van der Waals surface area contributed by atoms with E-state index in [-0.39, 0.29) is 0 Å². The Hall–Kier alpha value is -2.87. The van der Waals surface area contributed by atoms with Crippen molar-refractivity contribution in [3.63, 3.8) is 0 Å². The largest absolute Gasteiger partial charge is 0.497 e. The van der Waals surface area contributed by atoms with Gasteiger partial charge in [-0.1, -0.05) is 6.07 Å². The van der Waals surface area contributed by atoms with Gasteiger partial charge in [0.1, 0.15) is 24.7 Å². The molecule has 22 heavy (non-hydrogen) atoms. The Morgan fingerprint density at radius 3 is 2.36 bits per heavy atom. The minimum atomic E-state index is 0.336. The van der Waals surface area contributed by atoms with E-state index in [9.17, 15) is 0 Å². The lowest BCUT2D eigenvalue weighted by molar-refractivity contribution is 0.211. The Kier molecular flexibility index (Phi) is 5.50. The zero-order valence-corrected chi connectivity index (χ0v) is 12.5. The Morgan fingerprint density at radius 2 is 1.64 bits per heavy atom. The van der Waals surface area contributed by atoms with Crippen LogP contribution in [0.4, 0.5) is 0 Å². The summed E-state index contributed by atoms with van der Waals surface area (Å²) in [5.74, 6) is 2.55. The minimum absolute atomic E-state index is 0.336. The number of hydrogen-bond donors (Lipinski definition) is 0. The van der Waals surface area contributed by atoms with Gasteiger partial charge in [-0.25, -0.2) is 0 Å². The van der Waals surface area contributed by atoms with Crippen molar-refractivity contribution in [2.75, 3.05) is 27.4 Å². The molecule has 0 bridgehead atoms. The van der Waals surface area contributed by atoms with Gasteiger partial charge in [0.25, 0.3) is 0 Å². The van der Waals surface area contributed by atoms with E-state index in [1.165, 1.54) is 0 Å². The van der Waals surface area contributed by atoms with Crippen LogP contribution in [0.2, 0.25) is 0 Å². The Bertz CT molecular complexity index is 664. The fourth-order valence-corrected chi connectivity index (χ4v) is 1.86. The van der Waals surface area contributed by atoms with Crippen molar-refractivity contribution in [3.05, 3.63) is 48.0 Å². The maximum Gasteiger partial charge on any atom is 0.162 e. The van der Waals surface area contributed by atoms with Crippen molar-refractivity contribution < 1.29 is 18.9 Å². The summed E-state index contributed by atoms with van der Waals surface area (Å²) in [4.78, 5) is 0. The van der Waals surface area contributed by atoms with E-state index in [4.69, 9.17) is 24.2 Å². The zero-order valence-electron chi connectivity index (χ0n) is 12.5. The molecule has 0 N–H and O–H groups in total. The van der Waals surface area contributed by atoms with E-state index >= 15 is 0 Å². The van der Waals surface area contributed by atoms with Gasteiger partial charge in [0.15, 0.2) is 11.5 Å². The molecule has 0 saturated carbocycles. The Morgan fingerprint density at radius 1 is 0.864 bits per heavy atom. The van der Waals surface area contributed by atoms with Crippen LogP contribution < -0.4 is 18.9 Å². The molecule has 0 atom stereocenters. The monoisotopic (exact) mass is 299 g/mol. The average Bonchev–Trinajstić information content (AvgIpc) is 2.58. The summed E-state index contributed by atoms with van der Waals surface area (Å²) >= 11 is 0. The zero-order chi connectivity index (χ0) is 15.8. The van der Waals surface area contributed by atoms with Crippen LogP contribution in [0.5, 0.6) is 23.0 Å². The summed E-state index contributed by atoms with van der Waals surface area (Å²) in [6.07, 6.45) is 0. The molecule has 0 aromatic heterocycles. The van der Waals surface area contributed by atoms with Crippen LogP contribution in [0.15, 0.2) is 42.5 Å². The summed E-state index contributed by atoms with van der Waals surface area (Å²) in [6, 6.07) is 14.4. The highest BCUT2D eigenvalue weighted by molar-refractivity contribution is 5.46. The van der Waals surface area contributed by atoms with Gasteiger partial charge in [0.05, 0.1) is 25.9 Å². The van der Waals surface area contributed by atoms with Gasteiger partial charge in [-0.05, 0) is 24.3 Å². The number of benzene rings is 2. The summed E-state index contributed by atoms with van der Waals surface area (Å²) in [5.41, 5.74) is 0.518. The van der Waals surface area contributed by atoms with Gasteiger partial charge in [0, 0.05) is 12.1 Å². The Balaban J connectivity index is 1.89. The first-order valence-corrected chi connectivity index (χ1v) is 6.74. The molecule has 0 unspecified atom stereocenters. The molecule has 0 radical (unpaired) electrons. The van der Waals surface area contributed by atoms with Gasteiger partial charge in [-0.15, -0.1) is 0 Å². The second kappa shape index (κ2) is 7.79. The molecule has 0 aliphatic carbocycles. The van der Waals surface area contributed by atoms with E-state index in [0.717, 1.165) is 5.75 Å². The van der Waals surface area contributed by atoms with Crippen LogP contribution >= 0.6 is 0 Å². The van der Waals surface area contributed by atoms with Crippen molar-refractivity contribution in [3.8, 4) is 29.1 Å². The highest BCUT2D eigenvalue weighted by Gasteiger charge is 2.06. The van der Waals surface area contributed by atoms with Gasteiger partial charge >= 0.3 is 0 Å². The second-order valence-corrected chi connectivity index (χ2v) is 4.35. The molecule has 0 heterocycles. The normalized spacial score (nSPS) is 9.68. The van der Waals surface area contributed by atoms with Crippen LogP contribution in [0.3, 0.4) is 0 Å². The number of ether oxygens (including phenoxy) is 4. The molecule has 5 heteroatoms. The molecule has 0 aliphatic rings. The molecule has 0 saturated heterocycles. The number of rotatable bonds is 7. The van der Waals surface area contributed by atoms with E-state index in [0.29, 0.717) is 36.0 Å². The number of hydrogen-bond acceptors (Lipinski definition) is 5. The molecule has 0 fully saturated rings. The van der Waals surface area contributed by atoms with Gasteiger partial charge in [0.2, 0.25) is 0 Å². The van der Waals surface area contributed by atoms with Crippen LogP contribution in [0, 0.1) is 11.3 Å². The number of nitriles is 1. The number of methoxy groups -OCH3 is 2. The van der Waals surface area contributed by atoms with E-state index in [1.807, 2.05) is 18.2 Å². The average molecular weight is 299 g/mol. The molecule has 2 aromatic carbocycles. The third-order valence-electron chi connectivity index (χ3n) is 2.94.